The smallest absolute Gasteiger partial charge is 0.315 e. The topological polar surface area (TPSA) is 120 Å². The molecule has 1 atom stereocenters. The Morgan fingerprint density at radius 2 is 1.84 bits per heavy atom. The van der Waals surface area contributed by atoms with E-state index in [4.69, 9.17) is 5.11 Å². The highest BCUT2D eigenvalue weighted by Gasteiger charge is 2.20. The van der Waals surface area contributed by atoms with Gasteiger partial charge in [-0.05, 0) is 12.1 Å². The van der Waals surface area contributed by atoms with Crippen molar-refractivity contribution in [3.63, 3.8) is 0 Å². The highest BCUT2D eigenvalue weighted by molar-refractivity contribution is 5.81. The predicted octanol–water partition coefficient (Wildman–Crippen LogP) is 0.443. The van der Waals surface area contributed by atoms with Crippen LogP contribution < -0.4 is 16.0 Å². The quantitative estimate of drug-likeness (QED) is 0.360. The normalized spacial score (nSPS) is 11.8. The Kier molecular flexibility index (Phi) is 5.34. The molecule has 0 fully saturated rings. The van der Waals surface area contributed by atoms with E-state index >= 15 is 0 Å². The predicted molar refractivity (Wildman–Crippen MR) is 73.8 cm³/mol. The van der Waals surface area contributed by atoms with Crippen LogP contribution in [0.25, 0.3) is 0 Å². The number of anilines is 3. The maximum atomic E-state index is 11.0. The molecule has 0 heterocycles. The first-order valence-corrected chi connectivity index (χ1v) is 5.74. The summed E-state index contributed by atoms with van der Waals surface area (Å²) < 4.78 is 0. The Hall–Kier alpha value is -2.06. The van der Waals surface area contributed by atoms with Crippen molar-refractivity contribution in [1.82, 2.24) is 0 Å². The molecule has 0 aromatic heterocycles. The van der Waals surface area contributed by atoms with Crippen molar-refractivity contribution in [1.29, 1.82) is 0 Å². The molecule has 106 valence electrons. The molecule has 0 radical (unpaired) electrons. The molecule has 0 saturated carbocycles. The lowest BCUT2D eigenvalue weighted by Gasteiger charge is -2.14. The SMILES string of the molecule is CNc1cc(NCC(O)CO)cc(NC)c1[N+](=O)[O-]. The van der Waals surface area contributed by atoms with Gasteiger partial charge in [0.15, 0.2) is 0 Å². The fraction of sp³-hybridized carbons (Fsp3) is 0.455. The lowest BCUT2D eigenvalue weighted by Crippen LogP contribution is -2.23. The van der Waals surface area contributed by atoms with Gasteiger partial charge in [0.2, 0.25) is 0 Å². The van der Waals surface area contributed by atoms with E-state index in [0.29, 0.717) is 17.1 Å². The maximum Gasteiger partial charge on any atom is 0.315 e. The number of nitro benzene ring substituents is 1. The summed E-state index contributed by atoms with van der Waals surface area (Å²) >= 11 is 0. The number of nitro groups is 1. The van der Waals surface area contributed by atoms with Gasteiger partial charge in [-0.15, -0.1) is 0 Å². The van der Waals surface area contributed by atoms with Crippen molar-refractivity contribution in [2.75, 3.05) is 43.2 Å². The van der Waals surface area contributed by atoms with Gasteiger partial charge in [-0.3, -0.25) is 10.1 Å². The van der Waals surface area contributed by atoms with Crippen LogP contribution in [-0.2, 0) is 0 Å². The number of rotatable bonds is 7. The average molecular weight is 270 g/mol. The monoisotopic (exact) mass is 270 g/mol. The molecule has 0 spiro atoms. The number of nitrogens with zero attached hydrogens (tertiary/aromatic N) is 1. The molecule has 19 heavy (non-hydrogen) atoms. The van der Waals surface area contributed by atoms with E-state index < -0.39 is 11.0 Å². The van der Waals surface area contributed by atoms with E-state index in [0.717, 1.165) is 0 Å². The Labute approximate surface area is 110 Å². The molecular weight excluding hydrogens is 252 g/mol. The summed E-state index contributed by atoms with van der Waals surface area (Å²) in [7, 11) is 3.18. The van der Waals surface area contributed by atoms with Crippen molar-refractivity contribution < 1.29 is 15.1 Å². The van der Waals surface area contributed by atoms with Crippen molar-refractivity contribution in [2.24, 2.45) is 0 Å². The van der Waals surface area contributed by atoms with Gasteiger partial charge in [0.1, 0.15) is 11.4 Å². The lowest BCUT2D eigenvalue weighted by atomic mass is 10.2. The van der Waals surface area contributed by atoms with Crippen molar-refractivity contribution in [3.05, 3.63) is 22.2 Å². The molecule has 8 nitrogen and oxygen atoms in total. The Balaban J connectivity index is 3.05. The van der Waals surface area contributed by atoms with Crippen LogP contribution in [0.2, 0.25) is 0 Å². The Morgan fingerprint density at radius 1 is 1.32 bits per heavy atom. The second-order valence-electron chi connectivity index (χ2n) is 3.89. The minimum absolute atomic E-state index is 0.0433. The summed E-state index contributed by atoms with van der Waals surface area (Å²) in [5, 5.41) is 37.4. The summed E-state index contributed by atoms with van der Waals surface area (Å²) in [6.45, 7) is -0.196. The highest BCUT2D eigenvalue weighted by atomic mass is 16.6. The first-order valence-electron chi connectivity index (χ1n) is 5.74. The molecule has 8 heteroatoms. The summed E-state index contributed by atoms with van der Waals surface area (Å²) in [4.78, 5) is 10.5. The zero-order valence-electron chi connectivity index (χ0n) is 10.8. The van der Waals surface area contributed by atoms with Gasteiger partial charge < -0.3 is 26.2 Å². The van der Waals surface area contributed by atoms with Crippen LogP contribution >= 0.6 is 0 Å². The fourth-order valence-corrected chi connectivity index (χ4v) is 1.61. The average Bonchev–Trinajstić information content (AvgIpc) is 2.42. The first-order chi connectivity index (χ1) is 9.03. The van der Waals surface area contributed by atoms with Gasteiger partial charge >= 0.3 is 5.69 Å². The van der Waals surface area contributed by atoms with Crippen LogP contribution in [0.4, 0.5) is 22.7 Å². The molecule has 0 aliphatic rings. The van der Waals surface area contributed by atoms with E-state index in [-0.39, 0.29) is 18.8 Å². The van der Waals surface area contributed by atoms with Gasteiger partial charge in [0.25, 0.3) is 0 Å². The number of nitrogens with one attached hydrogen (secondary N) is 3. The van der Waals surface area contributed by atoms with E-state index in [2.05, 4.69) is 16.0 Å². The number of aliphatic hydroxyl groups excluding tert-OH is 2. The molecule has 1 unspecified atom stereocenters. The third kappa shape index (κ3) is 3.70. The van der Waals surface area contributed by atoms with E-state index in [1.807, 2.05) is 0 Å². The molecule has 0 saturated heterocycles. The van der Waals surface area contributed by atoms with Gasteiger partial charge in [-0.2, -0.15) is 0 Å². The zero-order chi connectivity index (χ0) is 14.4. The van der Waals surface area contributed by atoms with Crippen LogP contribution in [0, 0.1) is 10.1 Å². The summed E-state index contributed by atoms with van der Waals surface area (Å²) in [6, 6.07) is 3.14. The largest absolute Gasteiger partial charge is 0.394 e. The maximum absolute atomic E-state index is 11.0. The van der Waals surface area contributed by atoms with Crippen molar-refractivity contribution in [3.8, 4) is 0 Å². The minimum Gasteiger partial charge on any atom is -0.394 e. The molecule has 1 rings (SSSR count). The van der Waals surface area contributed by atoms with Crippen molar-refractivity contribution in [2.45, 2.75) is 6.10 Å². The van der Waals surface area contributed by atoms with Gasteiger partial charge in [-0.1, -0.05) is 0 Å². The van der Waals surface area contributed by atoms with Gasteiger partial charge in [-0.25, -0.2) is 0 Å². The van der Waals surface area contributed by atoms with E-state index in [1.54, 1.807) is 26.2 Å². The van der Waals surface area contributed by atoms with E-state index in [9.17, 15) is 15.2 Å². The zero-order valence-corrected chi connectivity index (χ0v) is 10.8. The van der Waals surface area contributed by atoms with E-state index in [1.165, 1.54) is 0 Å². The van der Waals surface area contributed by atoms with Crippen LogP contribution in [0.15, 0.2) is 12.1 Å². The standard InChI is InChI=1S/C11H18N4O4/c1-12-9-3-7(14-5-8(17)6-16)4-10(13-2)11(9)15(18)19/h3-4,8,12-14,16-17H,5-6H2,1-2H3. The molecule has 0 amide bonds. The second-order valence-corrected chi connectivity index (χ2v) is 3.89. The number of hydrogen-bond acceptors (Lipinski definition) is 7. The fourth-order valence-electron chi connectivity index (χ4n) is 1.61. The Morgan fingerprint density at radius 3 is 2.21 bits per heavy atom. The molecule has 1 aromatic rings. The number of hydrogen-bond donors (Lipinski definition) is 5. The molecule has 1 aromatic carbocycles. The third-order valence-electron chi connectivity index (χ3n) is 2.58. The number of aliphatic hydroxyl groups is 2. The minimum atomic E-state index is -0.883. The molecule has 0 aliphatic carbocycles. The highest BCUT2D eigenvalue weighted by Crippen LogP contribution is 2.35. The first kappa shape index (κ1) is 15.0. The van der Waals surface area contributed by atoms with Crippen LogP contribution in [0.5, 0.6) is 0 Å². The third-order valence-corrected chi connectivity index (χ3v) is 2.58. The van der Waals surface area contributed by atoms with Gasteiger partial charge in [0, 0.05) is 26.3 Å². The molecule has 5 N–H and O–H groups in total. The second kappa shape index (κ2) is 6.76. The van der Waals surface area contributed by atoms with Gasteiger partial charge in [0.05, 0.1) is 17.6 Å². The molecular formula is C11H18N4O4. The van der Waals surface area contributed by atoms with Crippen LogP contribution in [0.3, 0.4) is 0 Å². The summed E-state index contributed by atoms with van der Waals surface area (Å²) in [5.74, 6) is 0. The molecule has 0 bridgehead atoms. The van der Waals surface area contributed by atoms with Crippen molar-refractivity contribution >= 4 is 22.7 Å². The summed E-state index contributed by atoms with van der Waals surface area (Å²) in [5.41, 5.74) is 1.28. The number of benzene rings is 1. The lowest BCUT2D eigenvalue weighted by molar-refractivity contribution is -0.383. The summed E-state index contributed by atoms with van der Waals surface area (Å²) in [6.07, 6.45) is -0.883. The molecule has 0 aliphatic heterocycles. The Bertz CT molecular complexity index is 427. The van der Waals surface area contributed by atoms with Crippen LogP contribution in [0.1, 0.15) is 0 Å². The van der Waals surface area contributed by atoms with Crippen LogP contribution in [-0.4, -0.2) is 48.5 Å².